The number of rotatable bonds is 6. The third-order valence-electron chi connectivity index (χ3n) is 4.01. The third-order valence-corrected chi connectivity index (χ3v) is 5.52. The summed E-state index contributed by atoms with van der Waals surface area (Å²) in [6, 6.07) is 13.6. The first-order valence-electron chi connectivity index (χ1n) is 8.38. The standard InChI is InChI=1S/C20H18FN3O3S/c1-13-11-16(21)5-9-19(13)28(26,27)24-20-10-8-18(12-22-20)23-17-6-3-15(4-7-17)14(2)25/h3-12,23H,1-2H3,(H,22,24). The van der Waals surface area contributed by atoms with Gasteiger partial charge in [0.2, 0.25) is 0 Å². The lowest BCUT2D eigenvalue weighted by molar-refractivity contribution is 0.101. The van der Waals surface area contributed by atoms with Crippen molar-refractivity contribution in [2.45, 2.75) is 18.7 Å². The van der Waals surface area contributed by atoms with Gasteiger partial charge in [0.15, 0.2) is 5.78 Å². The molecule has 0 fully saturated rings. The molecule has 0 aliphatic carbocycles. The van der Waals surface area contributed by atoms with Crippen molar-refractivity contribution >= 4 is 33.0 Å². The number of pyridine rings is 1. The number of aromatic nitrogens is 1. The number of benzene rings is 2. The zero-order valence-electron chi connectivity index (χ0n) is 15.2. The van der Waals surface area contributed by atoms with Gasteiger partial charge >= 0.3 is 0 Å². The van der Waals surface area contributed by atoms with Crippen LogP contribution < -0.4 is 10.0 Å². The molecule has 3 rings (SSSR count). The molecule has 0 aliphatic heterocycles. The van der Waals surface area contributed by atoms with Gasteiger partial charge in [0.25, 0.3) is 10.0 Å². The first-order chi connectivity index (χ1) is 13.2. The van der Waals surface area contributed by atoms with Crippen LogP contribution in [-0.2, 0) is 10.0 Å². The van der Waals surface area contributed by atoms with Crippen LogP contribution >= 0.6 is 0 Å². The monoisotopic (exact) mass is 399 g/mol. The van der Waals surface area contributed by atoms with Crippen LogP contribution in [0.2, 0.25) is 0 Å². The van der Waals surface area contributed by atoms with Gasteiger partial charge in [0.05, 0.1) is 16.8 Å². The molecule has 2 N–H and O–H groups in total. The molecule has 0 amide bonds. The number of sulfonamides is 1. The number of ketones is 1. The summed E-state index contributed by atoms with van der Waals surface area (Å²) in [5.41, 5.74) is 2.34. The van der Waals surface area contributed by atoms with Crippen LogP contribution in [0.15, 0.2) is 65.7 Å². The predicted molar refractivity (Wildman–Crippen MR) is 106 cm³/mol. The average Bonchev–Trinajstić information content (AvgIpc) is 2.63. The van der Waals surface area contributed by atoms with Crippen LogP contribution in [-0.4, -0.2) is 19.2 Å². The molecule has 0 bridgehead atoms. The summed E-state index contributed by atoms with van der Waals surface area (Å²) in [7, 11) is -3.88. The molecule has 28 heavy (non-hydrogen) atoms. The van der Waals surface area contributed by atoms with E-state index in [9.17, 15) is 17.6 Å². The summed E-state index contributed by atoms with van der Waals surface area (Å²) in [6.07, 6.45) is 1.48. The Morgan fingerprint density at radius 3 is 2.25 bits per heavy atom. The first-order valence-corrected chi connectivity index (χ1v) is 9.86. The molecule has 0 spiro atoms. The molecule has 0 saturated carbocycles. The summed E-state index contributed by atoms with van der Waals surface area (Å²) >= 11 is 0. The molecule has 1 heterocycles. The molecule has 0 unspecified atom stereocenters. The van der Waals surface area contributed by atoms with Crippen LogP contribution in [0.4, 0.5) is 21.6 Å². The lowest BCUT2D eigenvalue weighted by Gasteiger charge is -2.11. The van der Waals surface area contributed by atoms with E-state index in [4.69, 9.17) is 0 Å². The highest BCUT2D eigenvalue weighted by atomic mass is 32.2. The second-order valence-corrected chi connectivity index (χ2v) is 7.86. The lowest BCUT2D eigenvalue weighted by Crippen LogP contribution is -2.15. The lowest BCUT2D eigenvalue weighted by atomic mass is 10.1. The fourth-order valence-electron chi connectivity index (χ4n) is 2.59. The predicted octanol–water partition coefficient (Wildman–Crippen LogP) is 4.28. The molecule has 8 heteroatoms. The maximum absolute atomic E-state index is 13.2. The van der Waals surface area contributed by atoms with Crippen LogP contribution in [0.5, 0.6) is 0 Å². The first kappa shape index (κ1) is 19.5. The second-order valence-electron chi connectivity index (χ2n) is 6.21. The van der Waals surface area contributed by atoms with Crippen molar-refractivity contribution in [2.24, 2.45) is 0 Å². The molecule has 6 nitrogen and oxygen atoms in total. The molecule has 1 aromatic heterocycles. The van der Waals surface area contributed by atoms with Gasteiger partial charge < -0.3 is 5.32 Å². The van der Waals surface area contributed by atoms with Crippen molar-refractivity contribution in [1.29, 1.82) is 0 Å². The van der Waals surface area contributed by atoms with Gasteiger partial charge in [-0.25, -0.2) is 17.8 Å². The van der Waals surface area contributed by atoms with Crippen molar-refractivity contribution in [3.05, 3.63) is 77.7 Å². The van der Waals surface area contributed by atoms with E-state index in [1.165, 1.54) is 32.2 Å². The van der Waals surface area contributed by atoms with Gasteiger partial charge in [-0.1, -0.05) is 0 Å². The zero-order valence-corrected chi connectivity index (χ0v) is 16.0. The number of hydrogen-bond acceptors (Lipinski definition) is 5. The van der Waals surface area contributed by atoms with E-state index in [2.05, 4.69) is 15.0 Å². The number of carbonyl (C=O) groups is 1. The van der Waals surface area contributed by atoms with Crippen molar-refractivity contribution in [1.82, 2.24) is 4.98 Å². The highest BCUT2D eigenvalue weighted by molar-refractivity contribution is 7.92. The van der Waals surface area contributed by atoms with Crippen molar-refractivity contribution < 1.29 is 17.6 Å². The van der Waals surface area contributed by atoms with E-state index in [1.807, 2.05) is 0 Å². The Bertz CT molecular complexity index is 1110. The van der Waals surface area contributed by atoms with E-state index in [-0.39, 0.29) is 16.5 Å². The van der Waals surface area contributed by atoms with Crippen molar-refractivity contribution in [3.63, 3.8) is 0 Å². The molecule has 0 saturated heterocycles. The van der Waals surface area contributed by atoms with Crippen LogP contribution in [0.1, 0.15) is 22.8 Å². The summed E-state index contributed by atoms with van der Waals surface area (Å²) in [5, 5.41) is 3.11. The minimum absolute atomic E-state index is 0.0107. The molecule has 2 aromatic carbocycles. The largest absolute Gasteiger partial charge is 0.354 e. The van der Waals surface area contributed by atoms with Gasteiger partial charge in [0, 0.05) is 11.3 Å². The number of Topliss-reactive ketones (excluding diaryl/α,β-unsaturated/α-hetero) is 1. The number of nitrogens with zero attached hydrogens (tertiary/aromatic N) is 1. The fraction of sp³-hybridized carbons (Fsp3) is 0.100. The molecule has 144 valence electrons. The van der Waals surface area contributed by atoms with Crippen LogP contribution in [0.3, 0.4) is 0 Å². The Hall–Kier alpha value is -3.26. The van der Waals surface area contributed by atoms with E-state index in [1.54, 1.807) is 30.3 Å². The summed E-state index contributed by atoms with van der Waals surface area (Å²) in [4.78, 5) is 15.4. The molecular formula is C20H18FN3O3S. The van der Waals surface area contributed by atoms with E-state index >= 15 is 0 Å². The Balaban J connectivity index is 1.72. The van der Waals surface area contributed by atoms with E-state index in [0.717, 1.165) is 17.8 Å². The Kier molecular flexibility index (Phi) is 5.41. The smallest absolute Gasteiger partial charge is 0.263 e. The number of hydrogen-bond donors (Lipinski definition) is 2. The average molecular weight is 399 g/mol. The summed E-state index contributed by atoms with van der Waals surface area (Å²) in [6.45, 7) is 3.02. The number of nitrogens with one attached hydrogen (secondary N) is 2. The highest BCUT2D eigenvalue weighted by Crippen LogP contribution is 2.21. The Morgan fingerprint density at radius 2 is 1.68 bits per heavy atom. The third kappa shape index (κ3) is 4.52. The van der Waals surface area contributed by atoms with Gasteiger partial charge in [-0.3, -0.25) is 9.52 Å². The number of halogens is 1. The Labute approximate surface area is 162 Å². The normalized spacial score (nSPS) is 11.1. The van der Waals surface area contributed by atoms with Gasteiger partial charge in [0.1, 0.15) is 11.6 Å². The second kappa shape index (κ2) is 7.77. The van der Waals surface area contributed by atoms with Gasteiger partial charge in [-0.15, -0.1) is 0 Å². The quantitative estimate of drug-likeness (QED) is 0.604. The maximum Gasteiger partial charge on any atom is 0.263 e. The summed E-state index contributed by atoms with van der Waals surface area (Å²) < 4.78 is 40.5. The van der Waals surface area contributed by atoms with Gasteiger partial charge in [-0.2, -0.15) is 0 Å². The molecule has 0 aliphatic rings. The maximum atomic E-state index is 13.2. The molecular weight excluding hydrogens is 381 g/mol. The number of anilines is 3. The van der Waals surface area contributed by atoms with E-state index in [0.29, 0.717) is 16.8 Å². The van der Waals surface area contributed by atoms with Crippen molar-refractivity contribution in [3.8, 4) is 0 Å². The SMILES string of the molecule is CC(=O)c1ccc(Nc2ccc(NS(=O)(=O)c3ccc(F)cc3C)nc2)cc1. The molecule has 0 radical (unpaired) electrons. The number of carbonyl (C=O) groups excluding carboxylic acids is 1. The Morgan fingerprint density at radius 1 is 1.00 bits per heavy atom. The van der Waals surface area contributed by atoms with Crippen LogP contribution in [0, 0.1) is 12.7 Å². The minimum Gasteiger partial charge on any atom is -0.354 e. The fourth-order valence-corrected chi connectivity index (χ4v) is 3.83. The van der Waals surface area contributed by atoms with Crippen LogP contribution in [0.25, 0.3) is 0 Å². The highest BCUT2D eigenvalue weighted by Gasteiger charge is 2.17. The molecule has 0 atom stereocenters. The molecule has 3 aromatic rings. The topological polar surface area (TPSA) is 88.2 Å². The number of aryl methyl sites for hydroxylation is 1. The zero-order chi connectivity index (χ0) is 20.3. The van der Waals surface area contributed by atoms with Gasteiger partial charge in [-0.05, 0) is 74.0 Å². The van der Waals surface area contributed by atoms with Crippen molar-refractivity contribution in [2.75, 3.05) is 10.0 Å². The summed E-state index contributed by atoms with van der Waals surface area (Å²) in [5.74, 6) is -0.371. The van der Waals surface area contributed by atoms with E-state index < -0.39 is 15.8 Å². The minimum atomic E-state index is -3.88.